The van der Waals surface area contributed by atoms with E-state index in [9.17, 15) is 4.79 Å². The van der Waals surface area contributed by atoms with Crippen molar-refractivity contribution in [1.82, 2.24) is 15.0 Å². The molecule has 0 fully saturated rings. The maximum Gasteiger partial charge on any atom is 0.227 e. The summed E-state index contributed by atoms with van der Waals surface area (Å²) in [5, 5.41) is 7.78. The quantitative estimate of drug-likeness (QED) is 0.514. The lowest BCUT2D eigenvalue weighted by Gasteiger charge is -2.25. The summed E-state index contributed by atoms with van der Waals surface area (Å²) in [6, 6.07) is 15.9. The van der Waals surface area contributed by atoms with E-state index >= 15 is 0 Å². The smallest absolute Gasteiger partial charge is 0.227 e. The van der Waals surface area contributed by atoms with Crippen molar-refractivity contribution in [3.63, 3.8) is 0 Å². The number of amides is 1. The van der Waals surface area contributed by atoms with Gasteiger partial charge in [-0.1, -0.05) is 54.0 Å². The van der Waals surface area contributed by atoms with E-state index in [2.05, 4.69) is 45.5 Å². The minimum Gasteiger partial charge on any atom is -0.339 e. The summed E-state index contributed by atoms with van der Waals surface area (Å²) >= 11 is 5.96. The molecule has 166 valence electrons. The minimum absolute atomic E-state index is 0.0660. The van der Waals surface area contributed by atoms with Gasteiger partial charge in [0.15, 0.2) is 5.82 Å². The second-order valence-corrected chi connectivity index (χ2v) is 8.39. The number of aryl methyl sites for hydroxylation is 2. The number of rotatable bonds is 8. The zero-order valence-electron chi connectivity index (χ0n) is 18.2. The fourth-order valence-electron chi connectivity index (χ4n) is 3.66. The van der Waals surface area contributed by atoms with Crippen molar-refractivity contribution in [2.24, 2.45) is 0 Å². The molecule has 3 aromatic rings. The Balaban J connectivity index is 1.25. The maximum atomic E-state index is 12.2. The lowest BCUT2D eigenvalue weighted by molar-refractivity contribution is -0.116. The number of aromatic nitrogens is 2. The first-order valence-electron chi connectivity index (χ1n) is 11.0. The minimum atomic E-state index is -0.0660. The molecule has 1 amide bonds. The molecule has 4 rings (SSSR count). The van der Waals surface area contributed by atoms with Gasteiger partial charge in [-0.2, -0.15) is 4.98 Å². The lowest BCUT2D eigenvalue weighted by atomic mass is 10.1. The van der Waals surface area contributed by atoms with Gasteiger partial charge in [-0.05, 0) is 53.8 Å². The van der Waals surface area contributed by atoms with Gasteiger partial charge in [0.05, 0.1) is 0 Å². The summed E-state index contributed by atoms with van der Waals surface area (Å²) in [5.74, 6) is 1.05. The molecule has 2 heterocycles. The lowest BCUT2D eigenvalue weighted by Crippen LogP contribution is -2.28. The standard InChI is InChI=1S/C25H27ClN4O2/c1-2-18-5-9-22(10-6-18)27-23(31)11-12-24-28-25(29-32-24)20-13-15-30(16-14-20)17-19-3-7-21(26)8-4-19/h3-10,13H,2,11-12,14-17H2,1H3,(H,27,31). The molecule has 2 aromatic carbocycles. The summed E-state index contributed by atoms with van der Waals surface area (Å²) in [7, 11) is 0. The van der Waals surface area contributed by atoms with Crippen LogP contribution in [0.1, 0.15) is 42.6 Å². The Bertz CT molecular complexity index is 1070. The first-order valence-corrected chi connectivity index (χ1v) is 11.3. The van der Waals surface area contributed by atoms with Gasteiger partial charge in [-0.25, -0.2) is 0 Å². The van der Waals surface area contributed by atoms with Gasteiger partial charge in [0.1, 0.15) is 0 Å². The van der Waals surface area contributed by atoms with Crippen LogP contribution in [0.2, 0.25) is 5.02 Å². The van der Waals surface area contributed by atoms with Crippen molar-refractivity contribution < 1.29 is 9.32 Å². The highest BCUT2D eigenvalue weighted by Crippen LogP contribution is 2.22. The zero-order chi connectivity index (χ0) is 22.3. The predicted octanol–water partition coefficient (Wildman–Crippen LogP) is 5.15. The van der Waals surface area contributed by atoms with Crippen molar-refractivity contribution in [3.05, 3.63) is 82.5 Å². The molecule has 0 saturated carbocycles. The van der Waals surface area contributed by atoms with Crippen LogP contribution in [-0.2, 0) is 24.2 Å². The summed E-state index contributed by atoms with van der Waals surface area (Å²) in [6.45, 7) is 4.75. The van der Waals surface area contributed by atoms with Crippen molar-refractivity contribution in [2.45, 2.75) is 39.2 Å². The van der Waals surface area contributed by atoms with Crippen LogP contribution in [0, 0.1) is 0 Å². The number of nitrogens with zero attached hydrogens (tertiary/aromatic N) is 3. The third-order valence-electron chi connectivity index (χ3n) is 5.58. The molecule has 1 aliphatic heterocycles. The molecule has 0 unspecified atom stereocenters. The molecule has 0 saturated heterocycles. The Morgan fingerprint density at radius 3 is 2.56 bits per heavy atom. The molecular weight excluding hydrogens is 424 g/mol. The third kappa shape index (κ3) is 6.05. The van der Waals surface area contributed by atoms with Gasteiger partial charge >= 0.3 is 0 Å². The maximum absolute atomic E-state index is 12.2. The molecular formula is C25H27ClN4O2. The molecule has 0 aliphatic carbocycles. The molecule has 32 heavy (non-hydrogen) atoms. The van der Waals surface area contributed by atoms with Crippen LogP contribution in [0.4, 0.5) is 5.69 Å². The Kier molecular flexibility index (Phi) is 7.35. The molecule has 1 aromatic heterocycles. The van der Waals surface area contributed by atoms with Crippen LogP contribution in [0.3, 0.4) is 0 Å². The van der Waals surface area contributed by atoms with E-state index in [4.69, 9.17) is 16.1 Å². The number of hydrogen-bond donors (Lipinski definition) is 1. The van der Waals surface area contributed by atoms with Crippen LogP contribution < -0.4 is 5.32 Å². The summed E-state index contributed by atoms with van der Waals surface area (Å²) in [6.07, 6.45) is 4.71. The van der Waals surface area contributed by atoms with E-state index in [1.54, 1.807) is 0 Å². The molecule has 6 nitrogen and oxygen atoms in total. The number of hydrogen-bond acceptors (Lipinski definition) is 5. The van der Waals surface area contributed by atoms with E-state index in [-0.39, 0.29) is 5.91 Å². The number of nitrogens with one attached hydrogen (secondary N) is 1. The van der Waals surface area contributed by atoms with Crippen molar-refractivity contribution in [2.75, 3.05) is 18.4 Å². The molecule has 0 radical (unpaired) electrons. The van der Waals surface area contributed by atoms with Gasteiger partial charge in [0, 0.05) is 43.2 Å². The molecule has 0 atom stereocenters. The fourth-order valence-corrected chi connectivity index (χ4v) is 3.79. The second-order valence-electron chi connectivity index (χ2n) is 7.95. The number of anilines is 1. The number of benzene rings is 2. The number of carbonyl (C=O) groups excluding carboxylic acids is 1. The summed E-state index contributed by atoms with van der Waals surface area (Å²) < 4.78 is 5.37. The van der Waals surface area contributed by atoms with Crippen molar-refractivity contribution in [3.8, 4) is 0 Å². The zero-order valence-corrected chi connectivity index (χ0v) is 18.9. The van der Waals surface area contributed by atoms with E-state index in [1.165, 1.54) is 11.1 Å². The van der Waals surface area contributed by atoms with E-state index in [1.807, 2.05) is 36.4 Å². The Hall–Kier alpha value is -2.96. The first-order chi connectivity index (χ1) is 15.6. The van der Waals surface area contributed by atoms with Gasteiger partial charge in [0.2, 0.25) is 11.8 Å². The van der Waals surface area contributed by atoms with Gasteiger partial charge in [-0.15, -0.1) is 0 Å². The highest BCUT2D eigenvalue weighted by molar-refractivity contribution is 6.30. The third-order valence-corrected chi connectivity index (χ3v) is 5.83. The van der Waals surface area contributed by atoms with E-state index in [0.29, 0.717) is 24.6 Å². The summed E-state index contributed by atoms with van der Waals surface area (Å²) in [4.78, 5) is 19.1. The second kappa shape index (κ2) is 10.6. The highest BCUT2D eigenvalue weighted by atomic mass is 35.5. The topological polar surface area (TPSA) is 71.3 Å². The van der Waals surface area contributed by atoms with Crippen molar-refractivity contribution >= 4 is 28.8 Å². The molecule has 0 spiro atoms. The predicted molar refractivity (Wildman–Crippen MR) is 126 cm³/mol. The van der Waals surface area contributed by atoms with E-state index in [0.717, 1.165) is 48.8 Å². The van der Waals surface area contributed by atoms with Crippen LogP contribution in [0.5, 0.6) is 0 Å². The highest BCUT2D eigenvalue weighted by Gasteiger charge is 2.18. The van der Waals surface area contributed by atoms with E-state index < -0.39 is 0 Å². The van der Waals surface area contributed by atoms with Gasteiger partial charge < -0.3 is 9.84 Å². The van der Waals surface area contributed by atoms with Crippen LogP contribution in [-0.4, -0.2) is 34.0 Å². The van der Waals surface area contributed by atoms with Crippen molar-refractivity contribution in [1.29, 1.82) is 0 Å². The fraction of sp³-hybridized carbons (Fsp3) is 0.320. The summed E-state index contributed by atoms with van der Waals surface area (Å²) in [5.41, 5.74) is 4.38. The van der Waals surface area contributed by atoms with Gasteiger partial charge in [-0.3, -0.25) is 9.69 Å². The molecule has 0 bridgehead atoms. The molecule has 1 N–H and O–H groups in total. The SMILES string of the molecule is CCc1ccc(NC(=O)CCc2nc(C3=CCN(Cc4ccc(Cl)cc4)CC3)no2)cc1. The van der Waals surface area contributed by atoms with Crippen LogP contribution in [0.25, 0.3) is 5.57 Å². The van der Waals surface area contributed by atoms with Crippen LogP contribution in [0.15, 0.2) is 59.1 Å². The Morgan fingerprint density at radius 2 is 1.88 bits per heavy atom. The average molecular weight is 451 g/mol. The van der Waals surface area contributed by atoms with Crippen LogP contribution >= 0.6 is 11.6 Å². The largest absolute Gasteiger partial charge is 0.339 e. The first kappa shape index (κ1) is 22.2. The molecule has 7 heteroatoms. The number of halogens is 1. The Labute approximate surface area is 193 Å². The monoisotopic (exact) mass is 450 g/mol. The normalized spacial score (nSPS) is 14.2. The number of carbonyl (C=O) groups is 1. The average Bonchev–Trinajstić information content (AvgIpc) is 3.29. The Morgan fingerprint density at radius 1 is 1.12 bits per heavy atom. The van der Waals surface area contributed by atoms with Gasteiger partial charge in [0.25, 0.3) is 0 Å². The molecule has 1 aliphatic rings.